The molecule has 2 radical (unpaired) electrons. The topological polar surface area (TPSA) is 56.2 Å². The number of nitrogens with zero attached hydrogens (tertiary/aromatic N) is 3. The van der Waals surface area contributed by atoms with Crippen LogP contribution in [0.4, 0.5) is 5.95 Å². The zero-order valence-corrected chi connectivity index (χ0v) is 5.73. The van der Waals surface area contributed by atoms with Gasteiger partial charge in [-0.1, -0.05) is 11.5 Å². The van der Waals surface area contributed by atoms with Gasteiger partial charge in [0.05, 0.1) is 0 Å². The van der Waals surface area contributed by atoms with Crippen molar-refractivity contribution in [3.63, 3.8) is 0 Å². The van der Waals surface area contributed by atoms with E-state index in [0.29, 0.717) is 11.1 Å². The molecule has 0 saturated heterocycles. The standard InChI is InChI=1S/C6H5BN4/c7-4-1-2-11-5(3-4)9-6(8)10-11/h1-3H,(H2,8,10). The molecular weight excluding hydrogens is 139 g/mol. The van der Waals surface area contributed by atoms with Crippen LogP contribution in [-0.2, 0) is 0 Å². The Hall–Kier alpha value is -1.52. The Kier molecular flexibility index (Phi) is 1.12. The molecular formula is C6H5BN4. The molecule has 0 unspecified atom stereocenters. The number of aromatic nitrogens is 3. The lowest BCUT2D eigenvalue weighted by molar-refractivity contribution is 0.970. The zero-order valence-electron chi connectivity index (χ0n) is 5.73. The molecule has 5 heteroatoms. The molecule has 0 aliphatic carbocycles. The van der Waals surface area contributed by atoms with Crippen LogP contribution in [0.2, 0.25) is 0 Å². The Bertz CT molecular complexity index is 394. The average Bonchev–Trinajstić information content (AvgIpc) is 2.27. The van der Waals surface area contributed by atoms with E-state index >= 15 is 0 Å². The zero-order chi connectivity index (χ0) is 7.84. The van der Waals surface area contributed by atoms with Crippen molar-refractivity contribution >= 4 is 24.9 Å². The highest BCUT2D eigenvalue weighted by atomic mass is 15.3. The van der Waals surface area contributed by atoms with Crippen LogP contribution in [0.5, 0.6) is 0 Å². The molecule has 4 nitrogen and oxygen atoms in total. The van der Waals surface area contributed by atoms with Crippen molar-refractivity contribution in [3.8, 4) is 0 Å². The van der Waals surface area contributed by atoms with Crippen LogP contribution < -0.4 is 11.2 Å². The summed E-state index contributed by atoms with van der Waals surface area (Å²) in [5, 5.41) is 3.88. The molecule has 11 heavy (non-hydrogen) atoms. The summed E-state index contributed by atoms with van der Waals surface area (Å²) in [7, 11) is 5.51. The maximum absolute atomic E-state index is 5.51. The molecule has 0 fully saturated rings. The Morgan fingerprint density at radius 3 is 3.18 bits per heavy atom. The van der Waals surface area contributed by atoms with Crippen molar-refractivity contribution in [1.29, 1.82) is 0 Å². The van der Waals surface area contributed by atoms with Crippen molar-refractivity contribution in [3.05, 3.63) is 18.3 Å². The SMILES string of the molecule is [B]c1ccn2nc(N)nc2c1. The predicted molar refractivity (Wildman–Crippen MR) is 42.8 cm³/mol. The largest absolute Gasteiger partial charge is 0.366 e. The minimum atomic E-state index is 0.260. The molecule has 0 atom stereocenters. The van der Waals surface area contributed by atoms with Gasteiger partial charge in [0, 0.05) is 6.20 Å². The lowest BCUT2D eigenvalue weighted by Crippen LogP contribution is -2.02. The second-order valence-corrected chi connectivity index (χ2v) is 2.23. The van der Waals surface area contributed by atoms with Crippen molar-refractivity contribution in [1.82, 2.24) is 14.6 Å². The maximum Gasteiger partial charge on any atom is 0.240 e. The maximum atomic E-state index is 5.51. The van der Waals surface area contributed by atoms with Crippen LogP contribution in [-0.4, -0.2) is 22.4 Å². The molecule has 2 aromatic heterocycles. The minimum Gasteiger partial charge on any atom is -0.366 e. The third-order valence-electron chi connectivity index (χ3n) is 1.38. The summed E-state index contributed by atoms with van der Waals surface area (Å²) in [6.07, 6.45) is 1.72. The van der Waals surface area contributed by atoms with Crippen molar-refractivity contribution in [2.75, 3.05) is 5.73 Å². The molecule has 2 N–H and O–H groups in total. The Morgan fingerprint density at radius 1 is 1.55 bits per heavy atom. The smallest absolute Gasteiger partial charge is 0.240 e. The summed E-state index contributed by atoms with van der Waals surface area (Å²) in [6, 6.07) is 3.45. The predicted octanol–water partition coefficient (Wildman–Crippen LogP) is -0.895. The summed E-state index contributed by atoms with van der Waals surface area (Å²) in [5.74, 6) is 0.260. The highest BCUT2D eigenvalue weighted by Crippen LogP contribution is 1.98. The molecule has 2 rings (SSSR count). The molecule has 52 valence electrons. The van der Waals surface area contributed by atoms with Gasteiger partial charge in [0.25, 0.3) is 0 Å². The van der Waals surface area contributed by atoms with Crippen molar-refractivity contribution in [2.24, 2.45) is 0 Å². The van der Waals surface area contributed by atoms with E-state index < -0.39 is 0 Å². The Labute approximate surface area is 64.4 Å². The number of nitrogen functional groups attached to an aromatic ring is 1. The molecule has 0 amide bonds. The summed E-state index contributed by atoms with van der Waals surface area (Å²) >= 11 is 0. The molecule has 0 bridgehead atoms. The van der Waals surface area contributed by atoms with E-state index in [1.807, 2.05) is 0 Å². The normalized spacial score (nSPS) is 10.5. The van der Waals surface area contributed by atoms with Crippen LogP contribution in [0.3, 0.4) is 0 Å². The molecule has 2 heterocycles. The monoisotopic (exact) mass is 144 g/mol. The van der Waals surface area contributed by atoms with Gasteiger partial charge in [0.15, 0.2) is 5.65 Å². The van der Waals surface area contributed by atoms with E-state index in [-0.39, 0.29) is 5.95 Å². The van der Waals surface area contributed by atoms with E-state index in [0.717, 1.165) is 0 Å². The first-order valence-electron chi connectivity index (χ1n) is 3.13. The van der Waals surface area contributed by atoms with Gasteiger partial charge in [-0.25, -0.2) is 4.52 Å². The van der Waals surface area contributed by atoms with Gasteiger partial charge in [-0.15, -0.1) is 5.10 Å². The van der Waals surface area contributed by atoms with Crippen LogP contribution in [0.1, 0.15) is 0 Å². The lowest BCUT2D eigenvalue weighted by atomic mass is 9.98. The third kappa shape index (κ3) is 0.940. The Morgan fingerprint density at radius 2 is 2.36 bits per heavy atom. The van der Waals surface area contributed by atoms with E-state index in [9.17, 15) is 0 Å². The molecule has 0 aliphatic rings. The van der Waals surface area contributed by atoms with E-state index in [2.05, 4.69) is 10.1 Å². The van der Waals surface area contributed by atoms with Crippen LogP contribution >= 0.6 is 0 Å². The number of pyridine rings is 1. The van der Waals surface area contributed by atoms with E-state index in [4.69, 9.17) is 13.6 Å². The van der Waals surface area contributed by atoms with Gasteiger partial charge in [-0.3, -0.25) is 0 Å². The van der Waals surface area contributed by atoms with Crippen LogP contribution in [0, 0.1) is 0 Å². The minimum absolute atomic E-state index is 0.260. The number of anilines is 1. The summed E-state index contributed by atoms with van der Waals surface area (Å²) < 4.78 is 1.58. The quantitative estimate of drug-likeness (QED) is 0.487. The van der Waals surface area contributed by atoms with Crippen molar-refractivity contribution < 1.29 is 0 Å². The fraction of sp³-hybridized carbons (Fsp3) is 0. The van der Waals surface area contributed by atoms with Gasteiger partial charge >= 0.3 is 0 Å². The number of nitrogens with two attached hydrogens (primary N) is 1. The number of hydrogen-bond acceptors (Lipinski definition) is 3. The first-order chi connectivity index (χ1) is 5.25. The van der Waals surface area contributed by atoms with Gasteiger partial charge in [0.2, 0.25) is 5.95 Å². The number of hydrogen-bond donors (Lipinski definition) is 1. The van der Waals surface area contributed by atoms with Gasteiger partial charge < -0.3 is 5.73 Å². The fourth-order valence-corrected chi connectivity index (χ4v) is 0.915. The summed E-state index contributed by atoms with van der Waals surface area (Å²) in [6.45, 7) is 0. The first kappa shape index (κ1) is 6.21. The van der Waals surface area contributed by atoms with Crippen molar-refractivity contribution in [2.45, 2.75) is 0 Å². The highest BCUT2D eigenvalue weighted by molar-refractivity contribution is 6.32. The van der Waals surface area contributed by atoms with Crippen LogP contribution in [0.15, 0.2) is 18.3 Å². The highest BCUT2D eigenvalue weighted by Gasteiger charge is 1.97. The number of fused-ring (bicyclic) bond motifs is 1. The van der Waals surface area contributed by atoms with E-state index in [1.165, 1.54) is 0 Å². The van der Waals surface area contributed by atoms with Gasteiger partial charge in [0.1, 0.15) is 7.85 Å². The first-order valence-corrected chi connectivity index (χ1v) is 3.13. The summed E-state index contributed by atoms with van der Waals surface area (Å²) in [5.41, 5.74) is 6.68. The third-order valence-corrected chi connectivity index (χ3v) is 1.38. The average molecular weight is 144 g/mol. The molecule has 0 aromatic carbocycles. The van der Waals surface area contributed by atoms with Gasteiger partial charge in [-0.2, -0.15) is 4.98 Å². The Balaban J connectivity index is 2.82. The number of rotatable bonds is 0. The second kappa shape index (κ2) is 1.98. The molecule has 2 aromatic rings. The molecule has 0 aliphatic heterocycles. The molecule has 0 spiro atoms. The second-order valence-electron chi connectivity index (χ2n) is 2.23. The fourth-order valence-electron chi connectivity index (χ4n) is 0.915. The van der Waals surface area contributed by atoms with Gasteiger partial charge in [-0.05, 0) is 6.07 Å². The molecule has 0 saturated carbocycles. The van der Waals surface area contributed by atoms with E-state index in [1.54, 1.807) is 22.8 Å². The van der Waals surface area contributed by atoms with Crippen LogP contribution in [0.25, 0.3) is 5.65 Å². The summed E-state index contributed by atoms with van der Waals surface area (Å²) in [4.78, 5) is 3.92. The lowest BCUT2D eigenvalue weighted by Gasteiger charge is -1.91.